The van der Waals surface area contributed by atoms with Gasteiger partial charge in [-0.2, -0.15) is 0 Å². The summed E-state index contributed by atoms with van der Waals surface area (Å²) in [5.41, 5.74) is 3.73. The molecule has 12 heavy (non-hydrogen) atoms. The molecule has 0 amide bonds. The molecule has 0 aromatic rings. The third kappa shape index (κ3) is 0.233. The summed E-state index contributed by atoms with van der Waals surface area (Å²) in [6.45, 7) is 7.34. The van der Waals surface area contributed by atoms with Crippen LogP contribution in [0.5, 0.6) is 0 Å². The lowest BCUT2D eigenvalue weighted by Crippen LogP contribution is -2.32. The first-order chi connectivity index (χ1) is 5.69. The summed E-state index contributed by atoms with van der Waals surface area (Å²) >= 11 is 0. The van der Waals surface area contributed by atoms with Crippen LogP contribution in [0.25, 0.3) is 0 Å². The third-order valence-corrected chi connectivity index (χ3v) is 6.50. The lowest BCUT2D eigenvalue weighted by Gasteiger charge is -2.40. The van der Waals surface area contributed by atoms with E-state index < -0.39 is 0 Å². The Morgan fingerprint density at radius 3 is 2.25 bits per heavy atom. The zero-order valence-corrected chi connectivity index (χ0v) is 8.41. The van der Waals surface area contributed by atoms with Crippen molar-refractivity contribution in [2.24, 2.45) is 27.6 Å². The molecule has 5 saturated carbocycles. The highest BCUT2D eigenvalue weighted by molar-refractivity contribution is 5.78. The van der Waals surface area contributed by atoms with Gasteiger partial charge in [-0.3, -0.25) is 0 Å². The second kappa shape index (κ2) is 1.14. The van der Waals surface area contributed by atoms with Crippen molar-refractivity contribution in [3.63, 3.8) is 0 Å². The second-order valence-electron chi connectivity index (χ2n) is 5.98. The van der Waals surface area contributed by atoms with E-state index in [-0.39, 0.29) is 0 Å². The molecule has 0 aromatic heterocycles. The summed E-state index contributed by atoms with van der Waals surface area (Å²) in [5.74, 6) is 1.24. The molecule has 0 bridgehead atoms. The van der Waals surface area contributed by atoms with Crippen LogP contribution in [-0.2, 0) is 0 Å². The molecule has 5 rings (SSSR count). The smallest absolute Gasteiger partial charge is 0.00735 e. The van der Waals surface area contributed by atoms with E-state index in [9.17, 15) is 0 Å². The van der Waals surface area contributed by atoms with Crippen molar-refractivity contribution < 1.29 is 0 Å². The van der Waals surface area contributed by atoms with Crippen molar-refractivity contribution in [2.75, 3.05) is 0 Å². The molecule has 2 spiro atoms. The van der Waals surface area contributed by atoms with Gasteiger partial charge in [-0.15, -0.1) is 0 Å². The SMILES string of the molecule is CCCC1(CC)CC23C4C2(C)C413. The largest absolute Gasteiger partial charge is 0.0654 e. The Labute approximate surface area is 74.7 Å². The van der Waals surface area contributed by atoms with Crippen LogP contribution in [0.3, 0.4) is 0 Å². The molecule has 0 aliphatic heterocycles. The Morgan fingerprint density at radius 1 is 1.33 bits per heavy atom. The van der Waals surface area contributed by atoms with Crippen LogP contribution in [0.4, 0.5) is 0 Å². The van der Waals surface area contributed by atoms with Gasteiger partial charge in [0.25, 0.3) is 0 Å². The molecule has 0 heteroatoms. The van der Waals surface area contributed by atoms with Gasteiger partial charge in [0.05, 0.1) is 0 Å². The van der Waals surface area contributed by atoms with Gasteiger partial charge in [-0.05, 0) is 46.8 Å². The average molecular weight is 162 g/mol. The van der Waals surface area contributed by atoms with Crippen LogP contribution in [0.2, 0.25) is 0 Å². The topological polar surface area (TPSA) is 0 Å². The van der Waals surface area contributed by atoms with Crippen LogP contribution < -0.4 is 0 Å². The van der Waals surface area contributed by atoms with Crippen LogP contribution in [0, 0.1) is 27.6 Å². The van der Waals surface area contributed by atoms with Crippen molar-refractivity contribution in [1.82, 2.24) is 0 Å². The monoisotopic (exact) mass is 162 g/mol. The lowest BCUT2D eigenvalue weighted by atomic mass is 9.64. The minimum absolute atomic E-state index is 0.848. The Hall–Kier alpha value is 0. The Balaban J connectivity index is 1.71. The maximum Gasteiger partial charge on any atom is -0.00735 e. The third-order valence-electron chi connectivity index (χ3n) is 6.50. The van der Waals surface area contributed by atoms with Gasteiger partial charge in [-0.1, -0.05) is 27.2 Å². The number of rotatable bonds is 3. The molecule has 66 valence electrons. The standard InChI is InChI=1S/C12H18/c1-4-6-10(5-2)7-11-8-9(11,3)12(8,10)11/h8H,4-7H2,1-3H3. The quantitative estimate of drug-likeness (QED) is 0.597. The minimum atomic E-state index is 0.848. The second-order valence-corrected chi connectivity index (χ2v) is 5.98. The first-order valence-corrected chi connectivity index (χ1v) is 5.69. The van der Waals surface area contributed by atoms with Gasteiger partial charge in [0.15, 0.2) is 0 Å². The highest BCUT2D eigenvalue weighted by atomic mass is 15.4. The molecule has 0 radical (unpaired) electrons. The van der Waals surface area contributed by atoms with E-state index in [1.807, 2.05) is 0 Å². The summed E-state index contributed by atoms with van der Waals surface area (Å²) in [7, 11) is 0. The Morgan fingerprint density at radius 2 is 2.00 bits per heavy atom. The molecular formula is C12H18. The van der Waals surface area contributed by atoms with Gasteiger partial charge < -0.3 is 0 Å². The molecule has 0 saturated heterocycles. The lowest BCUT2D eigenvalue weighted by molar-refractivity contribution is 0.0896. The van der Waals surface area contributed by atoms with E-state index in [4.69, 9.17) is 0 Å². The van der Waals surface area contributed by atoms with E-state index in [2.05, 4.69) is 20.8 Å². The summed E-state index contributed by atoms with van der Waals surface area (Å²) in [6.07, 6.45) is 6.02. The fourth-order valence-electron chi connectivity index (χ4n) is 6.17. The molecule has 0 N–H and O–H groups in total. The fraction of sp³-hybridized carbons (Fsp3) is 1.00. The highest BCUT2D eigenvalue weighted by Crippen LogP contribution is 3.35. The minimum Gasteiger partial charge on any atom is -0.0654 e. The molecule has 5 aliphatic rings. The first-order valence-electron chi connectivity index (χ1n) is 5.69. The van der Waals surface area contributed by atoms with Crippen molar-refractivity contribution in [3.8, 4) is 0 Å². The summed E-state index contributed by atoms with van der Waals surface area (Å²) in [6, 6.07) is 0. The van der Waals surface area contributed by atoms with Crippen LogP contribution in [0.1, 0.15) is 46.5 Å². The maximum absolute atomic E-state index is 2.56. The molecule has 5 unspecified atom stereocenters. The van der Waals surface area contributed by atoms with E-state index in [0.717, 1.165) is 21.7 Å². The van der Waals surface area contributed by atoms with Crippen molar-refractivity contribution in [3.05, 3.63) is 0 Å². The molecular weight excluding hydrogens is 144 g/mol. The molecule has 0 nitrogen and oxygen atoms in total. The van der Waals surface area contributed by atoms with E-state index in [0.29, 0.717) is 0 Å². The fourth-order valence-corrected chi connectivity index (χ4v) is 6.17. The normalized spacial score (nSPS) is 78.8. The molecule has 5 fully saturated rings. The Bertz CT molecular complexity index is 295. The van der Waals surface area contributed by atoms with E-state index >= 15 is 0 Å². The zero-order valence-electron chi connectivity index (χ0n) is 8.41. The van der Waals surface area contributed by atoms with Crippen LogP contribution in [0.15, 0.2) is 0 Å². The van der Waals surface area contributed by atoms with E-state index in [1.165, 1.54) is 25.2 Å². The predicted molar refractivity (Wildman–Crippen MR) is 48.7 cm³/mol. The van der Waals surface area contributed by atoms with Crippen molar-refractivity contribution in [2.45, 2.75) is 46.5 Å². The number of hydrogen-bond donors (Lipinski definition) is 0. The summed E-state index contributed by atoms with van der Waals surface area (Å²) in [5, 5.41) is 0. The van der Waals surface area contributed by atoms with Crippen LogP contribution in [-0.4, -0.2) is 0 Å². The van der Waals surface area contributed by atoms with Gasteiger partial charge in [0.1, 0.15) is 0 Å². The molecule has 0 heterocycles. The van der Waals surface area contributed by atoms with Crippen molar-refractivity contribution in [1.29, 1.82) is 0 Å². The van der Waals surface area contributed by atoms with Gasteiger partial charge in [0, 0.05) is 0 Å². The van der Waals surface area contributed by atoms with Crippen molar-refractivity contribution >= 4 is 0 Å². The highest BCUT2D eigenvalue weighted by Gasteiger charge is 3.32. The van der Waals surface area contributed by atoms with Gasteiger partial charge in [-0.25, -0.2) is 0 Å². The van der Waals surface area contributed by atoms with Crippen LogP contribution >= 0.6 is 0 Å². The first kappa shape index (κ1) is 6.45. The molecule has 5 aliphatic carbocycles. The summed E-state index contributed by atoms with van der Waals surface area (Å²) in [4.78, 5) is 0. The number of hydrogen-bond acceptors (Lipinski definition) is 0. The zero-order chi connectivity index (χ0) is 8.41. The van der Waals surface area contributed by atoms with E-state index in [1.54, 1.807) is 6.42 Å². The Kier molecular flexibility index (Phi) is 0.616. The van der Waals surface area contributed by atoms with Gasteiger partial charge >= 0.3 is 0 Å². The van der Waals surface area contributed by atoms with Gasteiger partial charge in [0.2, 0.25) is 0 Å². The average Bonchev–Trinajstić information content (AvgIpc) is 2.93. The predicted octanol–water partition coefficient (Wildman–Crippen LogP) is 3.22. The summed E-state index contributed by atoms with van der Waals surface area (Å²) < 4.78 is 0. The molecule has 5 atom stereocenters. The maximum atomic E-state index is 2.56. The molecule has 0 aromatic carbocycles.